The molecule has 3 N–H and O–H groups in total. The van der Waals surface area contributed by atoms with Gasteiger partial charge in [0, 0.05) is 41.5 Å². The van der Waals surface area contributed by atoms with Crippen LogP contribution in [0.25, 0.3) is 0 Å². The number of benzene rings is 1. The molecule has 0 radical (unpaired) electrons. The first-order valence-corrected chi connectivity index (χ1v) is 10.5. The molecule has 0 spiro atoms. The minimum atomic E-state index is -0.637. The van der Waals surface area contributed by atoms with Crippen molar-refractivity contribution in [2.24, 2.45) is 5.92 Å². The second-order valence-electron chi connectivity index (χ2n) is 8.20. The Bertz CT molecular complexity index is 909. The van der Waals surface area contributed by atoms with Gasteiger partial charge in [0.1, 0.15) is 18.0 Å². The van der Waals surface area contributed by atoms with Crippen LogP contribution in [0.4, 0.5) is 0 Å². The van der Waals surface area contributed by atoms with Crippen molar-refractivity contribution in [1.82, 2.24) is 10.3 Å². The second kappa shape index (κ2) is 8.70. The Hall–Kier alpha value is -2.51. The van der Waals surface area contributed by atoms with Gasteiger partial charge in [-0.2, -0.15) is 0 Å². The van der Waals surface area contributed by atoms with Crippen LogP contribution in [0, 0.1) is 12.8 Å². The molecule has 0 saturated heterocycles. The van der Waals surface area contributed by atoms with E-state index < -0.39 is 6.10 Å². The van der Waals surface area contributed by atoms with Crippen molar-refractivity contribution in [2.75, 3.05) is 20.8 Å². The van der Waals surface area contributed by atoms with Gasteiger partial charge in [0.25, 0.3) is 0 Å². The number of carbonyl (C=O) groups excluding carboxylic acids is 1. The van der Waals surface area contributed by atoms with Gasteiger partial charge in [-0.1, -0.05) is 0 Å². The van der Waals surface area contributed by atoms with Gasteiger partial charge in [-0.25, -0.2) is 0 Å². The molecule has 1 aromatic heterocycles. The molecule has 1 aromatic carbocycles. The lowest BCUT2D eigenvalue weighted by Gasteiger charge is -2.25. The minimum Gasteiger partial charge on any atom is -0.493 e. The summed E-state index contributed by atoms with van der Waals surface area (Å²) in [5.74, 6) is 2.00. The van der Waals surface area contributed by atoms with E-state index >= 15 is 0 Å². The van der Waals surface area contributed by atoms with Crippen molar-refractivity contribution >= 4 is 5.78 Å². The van der Waals surface area contributed by atoms with E-state index in [9.17, 15) is 9.90 Å². The van der Waals surface area contributed by atoms with Crippen LogP contribution in [-0.2, 0) is 6.42 Å². The monoisotopic (exact) mass is 414 g/mol. The predicted molar refractivity (Wildman–Crippen MR) is 113 cm³/mol. The maximum absolute atomic E-state index is 12.8. The van der Waals surface area contributed by atoms with Gasteiger partial charge in [0.2, 0.25) is 0 Å². The van der Waals surface area contributed by atoms with Crippen molar-refractivity contribution < 1.29 is 24.1 Å². The number of Topliss-reactive ketones (excluding diaryl/α,β-unsaturated/α-hetero) is 1. The summed E-state index contributed by atoms with van der Waals surface area (Å²) >= 11 is 0. The zero-order valence-electron chi connectivity index (χ0n) is 17.7. The number of methoxy groups -OCH3 is 2. The fourth-order valence-electron chi connectivity index (χ4n) is 4.58. The summed E-state index contributed by atoms with van der Waals surface area (Å²) < 4.78 is 16.6. The van der Waals surface area contributed by atoms with Gasteiger partial charge in [-0.15, -0.1) is 0 Å². The first-order chi connectivity index (χ1) is 14.5. The molecule has 1 heterocycles. The van der Waals surface area contributed by atoms with Crippen molar-refractivity contribution in [3.05, 3.63) is 41.2 Å². The van der Waals surface area contributed by atoms with Gasteiger partial charge < -0.3 is 29.6 Å². The standard InChI is InChI=1S/C23H30N2O5/c1-13-10-16-17(25-13)6-4-14(22(16)26)12-24-18-7-9-20(23(18)27)30-15-5-8-19(28-2)21(11-15)29-3/h5,8,10-11,14,18,20,23-25,27H,4,6-7,9,12H2,1-3H3. The number of fused-ring (bicyclic) bond motifs is 1. The predicted octanol–water partition coefficient (Wildman–Crippen LogP) is 2.65. The van der Waals surface area contributed by atoms with E-state index in [0.29, 0.717) is 23.8 Å². The van der Waals surface area contributed by atoms with Gasteiger partial charge in [0.15, 0.2) is 17.3 Å². The molecule has 4 atom stereocenters. The number of carbonyl (C=O) groups is 1. The topological polar surface area (TPSA) is 92.8 Å². The van der Waals surface area contributed by atoms with Gasteiger partial charge in [0.05, 0.1) is 14.2 Å². The first-order valence-electron chi connectivity index (χ1n) is 10.5. The molecule has 1 saturated carbocycles. The number of ether oxygens (including phenoxy) is 3. The number of rotatable bonds is 7. The third kappa shape index (κ3) is 4.04. The summed E-state index contributed by atoms with van der Waals surface area (Å²) in [4.78, 5) is 16.0. The molecule has 162 valence electrons. The largest absolute Gasteiger partial charge is 0.493 e. The van der Waals surface area contributed by atoms with E-state index in [2.05, 4.69) is 10.3 Å². The third-order valence-electron chi connectivity index (χ3n) is 6.24. The Morgan fingerprint density at radius 1 is 1.13 bits per heavy atom. The summed E-state index contributed by atoms with van der Waals surface area (Å²) in [5, 5.41) is 14.2. The van der Waals surface area contributed by atoms with Crippen LogP contribution < -0.4 is 19.5 Å². The highest BCUT2D eigenvalue weighted by Crippen LogP contribution is 2.33. The lowest BCUT2D eigenvalue weighted by atomic mass is 9.86. The highest BCUT2D eigenvalue weighted by Gasteiger charge is 2.37. The number of hydrogen-bond acceptors (Lipinski definition) is 6. The van der Waals surface area contributed by atoms with Gasteiger partial charge >= 0.3 is 0 Å². The lowest BCUT2D eigenvalue weighted by Crippen LogP contribution is -2.44. The number of aromatic amines is 1. The molecule has 0 bridgehead atoms. The van der Waals surface area contributed by atoms with Crippen LogP contribution in [0.2, 0.25) is 0 Å². The molecule has 7 heteroatoms. The summed E-state index contributed by atoms with van der Waals surface area (Å²) in [6, 6.07) is 7.23. The van der Waals surface area contributed by atoms with Crippen molar-refractivity contribution in [3.8, 4) is 17.2 Å². The fraction of sp³-hybridized carbons (Fsp3) is 0.522. The maximum Gasteiger partial charge on any atom is 0.169 e. The highest BCUT2D eigenvalue weighted by atomic mass is 16.5. The number of hydrogen-bond donors (Lipinski definition) is 3. The summed E-state index contributed by atoms with van der Waals surface area (Å²) in [6.07, 6.45) is 2.32. The summed E-state index contributed by atoms with van der Waals surface area (Å²) in [6.45, 7) is 2.56. The Morgan fingerprint density at radius 2 is 1.93 bits per heavy atom. The molecule has 7 nitrogen and oxygen atoms in total. The molecule has 0 aliphatic heterocycles. The smallest absolute Gasteiger partial charge is 0.169 e. The average Bonchev–Trinajstić information content (AvgIpc) is 3.30. The van der Waals surface area contributed by atoms with Crippen molar-refractivity contribution in [3.63, 3.8) is 0 Å². The molecule has 30 heavy (non-hydrogen) atoms. The Balaban J connectivity index is 1.33. The normalized spacial score (nSPS) is 25.8. The fourth-order valence-corrected chi connectivity index (χ4v) is 4.58. The minimum absolute atomic E-state index is 0.0503. The van der Waals surface area contributed by atoms with E-state index in [0.717, 1.165) is 42.6 Å². The zero-order chi connectivity index (χ0) is 21.3. The quantitative estimate of drug-likeness (QED) is 0.645. The number of aromatic nitrogens is 1. The maximum atomic E-state index is 12.8. The van der Waals surface area contributed by atoms with Crippen LogP contribution >= 0.6 is 0 Å². The summed E-state index contributed by atoms with van der Waals surface area (Å²) in [7, 11) is 3.17. The van der Waals surface area contributed by atoms with Crippen molar-refractivity contribution in [1.29, 1.82) is 0 Å². The molecule has 0 amide bonds. The molecule has 1 fully saturated rings. The number of aliphatic hydroxyl groups is 1. The Kier molecular flexibility index (Phi) is 6.01. The summed E-state index contributed by atoms with van der Waals surface area (Å²) in [5.41, 5.74) is 2.91. The second-order valence-corrected chi connectivity index (χ2v) is 8.20. The molecular formula is C23H30N2O5. The van der Waals surface area contributed by atoms with Gasteiger partial charge in [-0.3, -0.25) is 4.79 Å². The van der Waals surface area contributed by atoms with E-state index in [1.54, 1.807) is 26.4 Å². The third-order valence-corrected chi connectivity index (χ3v) is 6.24. The van der Waals surface area contributed by atoms with Crippen LogP contribution in [0.3, 0.4) is 0 Å². The number of nitrogens with one attached hydrogen (secondary N) is 2. The lowest BCUT2D eigenvalue weighted by molar-refractivity contribution is 0.0440. The van der Waals surface area contributed by atoms with E-state index in [1.807, 2.05) is 19.1 Å². The van der Waals surface area contributed by atoms with E-state index in [-0.39, 0.29) is 23.8 Å². The van der Waals surface area contributed by atoms with Crippen LogP contribution in [0.5, 0.6) is 17.2 Å². The highest BCUT2D eigenvalue weighted by molar-refractivity contribution is 6.00. The molecule has 4 rings (SSSR count). The number of ketones is 1. The van der Waals surface area contributed by atoms with Crippen LogP contribution in [-0.4, -0.2) is 54.9 Å². The molecule has 2 aliphatic rings. The van der Waals surface area contributed by atoms with Crippen molar-refractivity contribution in [2.45, 2.75) is 50.9 Å². The van der Waals surface area contributed by atoms with Crippen LogP contribution in [0.15, 0.2) is 24.3 Å². The van der Waals surface area contributed by atoms with Gasteiger partial charge in [-0.05, 0) is 50.8 Å². The molecule has 4 unspecified atom stereocenters. The first kappa shape index (κ1) is 20.8. The molecule has 2 aliphatic carbocycles. The van der Waals surface area contributed by atoms with E-state index in [1.165, 1.54) is 0 Å². The number of H-pyrrole nitrogens is 1. The SMILES string of the molecule is COc1ccc(OC2CCC(NCC3CCc4[nH]c(C)cc4C3=O)C2O)cc1OC. The Morgan fingerprint density at radius 3 is 2.70 bits per heavy atom. The number of aryl methyl sites for hydroxylation is 2. The zero-order valence-corrected chi connectivity index (χ0v) is 17.7. The number of aliphatic hydroxyl groups excluding tert-OH is 1. The van der Waals surface area contributed by atoms with Crippen LogP contribution in [0.1, 0.15) is 41.0 Å². The molecular weight excluding hydrogens is 384 g/mol. The average molecular weight is 415 g/mol. The molecule has 2 aromatic rings. The Labute approximate surface area is 176 Å². The van der Waals surface area contributed by atoms with E-state index in [4.69, 9.17) is 14.2 Å².